The summed E-state index contributed by atoms with van der Waals surface area (Å²) in [4.78, 5) is 9.23. The van der Waals surface area contributed by atoms with Crippen molar-refractivity contribution >= 4 is 21.7 Å². The van der Waals surface area contributed by atoms with Gasteiger partial charge in [0.2, 0.25) is 0 Å². The minimum Gasteiger partial charge on any atom is -0.372 e. The van der Waals surface area contributed by atoms with E-state index >= 15 is 0 Å². The molecular formula is C13H18BrN5. The first-order chi connectivity index (χ1) is 8.95. The third-order valence-electron chi connectivity index (χ3n) is 3.14. The second-order valence-electron chi connectivity index (χ2n) is 4.77. The quantitative estimate of drug-likeness (QED) is 0.942. The van der Waals surface area contributed by atoms with Crippen molar-refractivity contribution in [3.05, 3.63) is 22.1 Å². The molecule has 0 atom stereocenters. The summed E-state index contributed by atoms with van der Waals surface area (Å²) >= 11 is 3.56. The van der Waals surface area contributed by atoms with Gasteiger partial charge in [0.15, 0.2) is 5.82 Å². The molecule has 0 unspecified atom stereocenters. The van der Waals surface area contributed by atoms with Crippen LogP contribution in [0.5, 0.6) is 0 Å². The molecule has 0 aliphatic heterocycles. The summed E-state index contributed by atoms with van der Waals surface area (Å²) in [6.07, 6.45) is 1.81. The highest BCUT2D eigenvalue weighted by Crippen LogP contribution is 2.31. The van der Waals surface area contributed by atoms with Crippen LogP contribution >= 0.6 is 15.9 Å². The lowest BCUT2D eigenvalue weighted by molar-refractivity contribution is 0.740. The minimum absolute atomic E-state index is 0.320. The summed E-state index contributed by atoms with van der Waals surface area (Å²) in [5, 5.41) is 7.35. The maximum absolute atomic E-state index is 4.67. The number of hydrogen-bond donors (Lipinski definition) is 1. The summed E-state index contributed by atoms with van der Waals surface area (Å²) in [5.41, 5.74) is 3.02. The van der Waals surface area contributed by atoms with Gasteiger partial charge < -0.3 is 5.32 Å². The highest BCUT2D eigenvalue weighted by atomic mass is 79.9. The van der Waals surface area contributed by atoms with Crippen LogP contribution < -0.4 is 5.32 Å². The van der Waals surface area contributed by atoms with Gasteiger partial charge in [0, 0.05) is 19.8 Å². The lowest BCUT2D eigenvalue weighted by Gasteiger charge is -2.13. The van der Waals surface area contributed by atoms with E-state index in [1.54, 1.807) is 0 Å². The van der Waals surface area contributed by atoms with Crippen LogP contribution in [0.2, 0.25) is 0 Å². The van der Waals surface area contributed by atoms with Gasteiger partial charge in [-0.3, -0.25) is 4.68 Å². The molecular weight excluding hydrogens is 306 g/mol. The molecule has 19 heavy (non-hydrogen) atoms. The van der Waals surface area contributed by atoms with E-state index in [-0.39, 0.29) is 0 Å². The predicted molar refractivity (Wildman–Crippen MR) is 80.3 cm³/mol. The largest absolute Gasteiger partial charge is 0.372 e. The maximum Gasteiger partial charge on any atom is 0.165 e. The van der Waals surface area contributed by atoms with Crippen molar-refractivity contribution in [1.82, 2.24) is 19.7 Å². The maximum atomic E-state index is 4.67. The Bertz CT molecular complexity index is 603. The Labute approximate surface area is 121 Å². The van der Waals surface area contributed by atoms with Crippen LogP contribution in [0.15, 0.2) is 10.7 Å². The Balaban J connectivity index is 2.64. The van der Waals surface area contributed by atoms with E-state index in [4.69, 9.17) is 0 Å². The molecule has 2 rings (SSSR count). The van der Waals surface area contributed by atoms with Crippen LogP contribution in [-0.2, 0) is 7.05 Å². The van der Waals surface area contributed by atoms with E-state index in [0.717, 1.165) is 27.2 Å². The van der Waals surface area contributed by atoms with Crippen molar-refractivity contribution in [2.24, 2.45) is 7.05 Å². The van der Waals surface area contributed by atoms with Crippen molar-refractivity contribution in [3.8, 4) is 11.4 Å². The SMILES string of the molecule is CNc1nc(-c2cnn(C)c2C)nc(C(C)C)c1Br. The third-order valence-corrected chi connectivity index (χ3v) is 3.92. The molecule has 2 aromatic rings. The van der Waals surface area contributed by atoms with Gasteiger partial charge >= 0.3 is 0 Å². The zero-order valence-electron chi connectivity index (χ0n) is 11.8. The van der Waals surface area contributed by atoms with Gasteiger partial charge in [-0.05, 0) is 28.8 Å². The Morgan fingerprint density at radius 2 is 2.00 bits per heavy atom. The summed E-state index contributed by atoms with van der Waals surface area (Å²) in [5.74, 6) is 1.83. The summed E-state index contributed by atoms with van der Waals surface area (Å²) in [6.45, 7) is 6.25. The molecule has 6 heteroatoms. The highest BCUT2D eigenvalue weighted by Gasteiger charge is 2.17. The molecule has 1 N–H and O–H groups in total. The van der Waals surface area contributed by atoms with E-state index < -0.39 is 0 Å². The lowest BCUT2D eigenvalue weighted by Crippen LogP contribution is -2.05. The Morgan fingerprint density at radius 3 is 2.47 bits per heavy atom. The van der Waals surface area contributed by atoms with Crippen molar-refractivity contribution in [2.45, 2.75) is 26.7 Å². The molecule has 0 saturated carbocycles. The van der Waals surface area contributed by atoms with E-state index in [1.165, 1.54) is 0 Å². The van der Waals surface area contributed by atoms with Gasteiger partial charge in [-0.2, -0.15) is 5.10 Å². The van der Waals surface area contributed by atoms with Crippen LogP contribution in [0.1, 0.15) is 31.2 Å². The molecule has 0 aliphatic carbocycles. The Hall–Kier alpha value is -1.43. The smallest absolute Gasteiger partial charge is 0.165 e. The van der Waals surface area contributed by atoms with Gasteiger partial charge in [0.1, 0.15) is 5.82 Å². The summed E-state index contributed by atoms with van der Waals surface area (Å²) in [7, 11) is 3.77. The van der Waals surface area contributed by atoms with Crippen LogP contribution in [0.4, 0.5) is 5.82 Å². The number of anilines is 1. The fourth-order valence-electron chi connectivity index (χ4n) is 1.85. The van der Waals surface area contributed by atoms with Crippen molar-refractivity contribution < 1.29 is 0 Å². The number of aryl methyl sites for hydroxylation is 1. The third kappa shape index (κ3) is 2.49. The van der Waals surface area contributed by atoms with Gasteiger partial charge in [0.25, 0.3) is 0 Å². The van der Waals surface area contributed by atoms with Gasteiger partial charge in [-0.15, -0.1) is 0 Å². The molecule has 0 fully saturated rings. The van der Waals surface area contributed by atoms with Gasteiger partial charge in [0.05, 0.1) is 21.9 Å². The number of nitrogens with zero attached hydrogens (tertiary/aromatic N) is 4. The first kappa shape index (κ1) is 14.0. The molecule has 102 valence electrons. The molecule has 0 bridgehead atoms. The Kier molecular flexibility index (Phi) is 3.89. The Morgan fingerprint density at radius 1 is 1.32 bits per heavy atom. The average Bonchev–Trinajstić information content (AvgIpc) is 2.70. The molecule has 0 saturated heterocycles. The predicted octanol–water partition coefficient (Wildman–Crippen LogP) is 3.11. The van der Waals surface area contributed by atoms with Crippen LogP contribution in [-0.4, -0.2) is 26.8 Å². The summed E-state index contributed by atoms with van der Waals surface area (Å²) < 4.78 is 2.75. The minimum atomic E-state index is 0.320. The number of halogens is 1. The molecule has 2 heterocycles. The van der Waals surface area contributed by atoms with E-state index in [9.17, 15) is 0 Å². The van der Waals surface area contributed by atoms with Crippen LogP contribution in [0.25, 0.3) is 11.4 Å². The first-order valence-corrected chi connectivity index (χ1v) is 6.99. The number of rotatable bonds is 3. The average molecular weight is 324 g/mol. The van der Waals surface area contributed by atoms with Crippen molar-refractivity contribution in [2.75, 3.05) is 12.4 Å². The van der Waals surface area contributed by atoms with E-state index in [0.29, 0.717) is 11.7 Å². The molecule has 0 radical (unpaired) electrons. The van der Waals surface area contributed by atoms with E-state index in [1.807, 2.05) is 31.9 Å². The molecule has 5 nitrogen and oxygen atoms in total. The van der Waals surface area contributed by atoms with Gasteiger partial charge in [-0.25, -0.2) is 9.97 Å². The zero-order valence-corrected chi connectivity index (χ0v) is 13.4. The normalized spacial score (nSPS) is 11.1. The standard InChI is InChI=1S/C13H18BrN5/c1-7(2)11-10(14)13(15-4)18-12(17-11)9-6-16-19(5)8(9)3/h6-7H,1-5H3,(H,15,17,18). The zero-order chi connectivity index (χ0) is 14.2. The molecule has 0 amide bonds. The fraction of sp³-hybridized carbons (Fsp3) is 0.462. The fourth-order valence-corrected chi connectivity index (χ4v) is 2.68. The second kappa shape index (κ2) is 5.28. The van der Waals surface area contributed by atoms with Crippen LogP contribution in [0.3, 0.4) is 0 Å². The number of hydrogen-bond acceptors (Lipinski definition) is 4. The van der Waals surface area contributed by atoms with Crippen molar-refractivity contribution in [3.63, 3.8) is 0 Å². The number of nitrogens with one attached hydrogen (secondary N) is 1. The molecule has 0 aliphatic rings. The molecule has 2 aromatic heterocycles. The van der Waals surface area contributed by atoms with Gasteiger partial charge in [-0.1, -0.05) is 13.8 Å². The topological polar surface area (TPSA) is 55.6 Å². The number of aromatic nitrogens is 4. The monoisotopic (exact) mass is 323 g/mol. The van der Waals surface area contributed by atoms with Crippen molar-refractivity contribution in [1.29, 1.82) is 0 Å². The lowest BCUT2D eigenvalue weighted by atomic mass is 10.1. The first-order valence-electron chi connectivity index (χ1n) is 6.19. The molecule has 0 aromatic carbocycles. The second-order valence-corrected chi connectivity index (χ2v) is 5.56. The molecule has 0 spiro atoms. The summed E-state index contributed by atoms with van der Waals surface area (Å²) in [6, 6.07) is 0. The van der Waals surface area contributed by atoms with E-state index in [2.05, 4.69) is 50.2 Å². The highest BCUT2D eigenvalue weighted by molar-refractivity contribution is 9.10. The van der Waals surface area contributed by atoms with Crippen LogP contribution in [0, 0.1) is 6.92 Å².